The van der Waals surface area contributed by atoms with Crippen molar-refractivity contribution in [2.75, 3.05) is 6.54 Å². The number of unbranched alkanes of at least 4 members (excludes halogenated alkanes) is 1. The number of ether oxygens (including phenoxy) is 1. The van der Waals surface area contributed by atoms with Crippen LogP contribution in [-0.4, -0.2) is 47.0 Å². The first kappa shape index (κ1) is 31.0. The summed E-state index contributed by atoms with van der Waals surface area (Å²) >= 11 is 0. The summed E-state index contributed by atoms with van der Waals surface area (Å²) < 4.78 is 5.43. The van der Waals surface area contributed by atoms with E-state index in [-0.39, 0.29) is 23.8 Å². The number of carbonyl (C=O) groups excluding carboxylic acids is 3. The molecule has 36 heavy (non-hydrogen) atoms. The van der Waals surface area contributed by atoms with E-state index >= 15 is 0 Å². The van der Waals surface area contributed by atoms with Gasteiger partial charge < -0.3 is 20.3 Å². The number of hydrogen-bond acceptors (Lipinski definition) is 4. The molecule has 3 atom stereocenters. The smallest absolute Gasteiger partial charge is 0.408 e. The van der Waals surface area contributed by atoms with Crippen LogP contribution in [0.5, 0.6) is 0 Å². The van der Waals surface area contributed by atoms with Gasteiger partial charge in [0.05, 0.1) is 0 Å². The number of nitrogens with one attached hydrogen (secondary N) is 2. The molecule has 1 aromatic carbocycles. The zero-order valence-electron chi connectivity index (χ0n) is 23.3. The van der Waals surface area contributed by atoms with Crippen LogP contribution < -0.4 is 10.6 Å². The Bertz CT molecular complexity index is 897. The zero-order valence-corrected chi connectivity index (χ0v) is 23.3. The number of benzene rings is 1. The van der Waals surface area contributed by atoms with Gasteiger partial charge in [0.25, 0.3) is 0 Å². The molecule has 0 saturated heterocycles. The van der Waals surface area contributed by atoms with E-state index in [2.05, 4.69) is 23.5 Å². The van der Waals surface area contributed by atoms with Gasteiger partial charge in [-0.1, -0.05) is 52.2 Å². The maximum atomic E-state index is 14.1. The Morgan fingerprint density at radius 2 is 1.69 bits per heavy atom. The van der Waals surface area contributed by atoms with Crippen molar-refractivity contribution < 1.29 is 19.1 Å². The number of carbonyl (C=O) groups is 3. The van der Waals surface area contributed by atoms with Gasteiger partial charge in [0.2, 0.25) is 11.8 Å². The molecular formula is C29H45N3O4. The van der Waals surface area contributed by atoms with E-state index in [0.717, 1.165) is 12.8 Å². The second-order valence-electron chi connectivity index (χ2n) is 10.6. The highest BCUT2D eigenvalue weighted by atomic mass is 16.6. The van der Waals surface area contributed by atoms with Crippen LogP contribution in [0.1, 0.15) is 98.2 Å². The molecule has 200 valence electrons. The molecule has 0 heterocycles. The van der Waals surface area contributed by atoms with Crippen LogP contribution in [0, 0.1) is 18.3 Å². The molecule has 0 radical (unpaired) electrons. The topological polar surface area (TPSA) is 87.7 Å². The summed E-state index contributed by atoms with van der Waals surface area (Å²) in [5, 5.41) is 5.76. The van der Waals surface area contributed by atoms with Crippen molar-refractivity contribution in [2.45, 2.75) is 105 Å². The first-order valence-electron chi connectivity index (χ1n) is 13.0. The second-order valence-corrected chi connectivity index (χ2v) is 10.6. The van der Waals surface area contributed by atoms with E-state index in [1.165, 1.54) is 0 Å². The molecule has 0 saturated carbocycles. The molecular weight excluding hydrogens is 454 g/mol. The third kappa shape index (κ3) is 9.93. The number of alkyl carbamates (subject to hydrolysis) is 1. The molecule has 7 nitrogen and oxygen atoms in total. The Balaban J connectivity index is 3.50. The van der Waals surface area contributed by atoms with Crippen molar-refractivity contribution in [3.63, 3.8) is 0 Å². The molecule has 0 spiro atoms. The minimum atomic E-state index is -0.869. The maximum absolute atomic E-state index is 14.1. The molecule has 3 amide bonds. The zero-order chi connectivity index (χ0) is 27.5. The van der Waals surface area contributed by atoms with E-state index < -0.39 is 23.8 Å². The average molecular weight is 500 g/mol. The summed E-state index contributed by atoms with van der Waals surface area (Å²) in [6.45, 7) is 15.7. The molecule has 1 rings (SSSR count). The van der Waals surface area contributed by atoms with Crippen molar-refractivity contribution >= 4 is 17.9 Å². The molecule has 0 aliphatic carbocycles. The van der Waals surface area contributed by atoms with Crippen LogP contribution in [0.4, 0.5) is 4.79 Å². The highest BCUT2D eigenvalue weighted by Crippen LogP contribution is 2.27. The summed E-state index contributed by atoms with van der Waals surface area (Å²) in [4.78, 5) is 41.9. The fourth-order valence-corrected chi connectivity index (χ4v) is 3.80. The molecule has 3 unspecified atom stereocenters. The number of nitrogens with zero attached hydrogens (tertiary/aromatic N) is 1. The van der Waals surface area contributed by atoms with E-state index in [4.69, 9.17) is 11.2 Å². The predicted molar refractivity (Wildman–Crippen MR) is 144 cm³/mol. The van der Waals surface area contributed by atoms with Gasteiger partial charge >= 0.3 is 6.09 Å². The SMILES string of the molecule is C#Cc1ccc(C(C(=O)NCCCC)N(C(=O)C(CC(C)C)NC(=O)OC(C)(C)C)C(C)CC)cc1. The molecule has 0 fully saturated rings. The maximum Gasteiger partial charge on any atom is 0.408 e. The minimum Gasteiger partial charge on any atom is -0.444 e. The number of hydrogen-bond donors (Lipinski definition) is 2. The molecule has 0 aromatic heterocycles. The number of rotatable bonds is 12. The number of amides is 3. The lowest BCUT2D eigenvalue weighted by molar-refractivity contribution is -0.145. The van der Waals surface area contributed by atoms with E-state index in [9.17, 15) is 14.4 Å². The van der Waals surface area contributed by atoms with Crippen LogP contribution in [0.25, 0.3) is 0 Å². The molecule has 0 aliphatic rings. The molecule has 1 aromatic rings. The molecule has 7 heteroatoms. The van der Waals surface area contributed by atoms with E-state index in [0.29, 0.717) is 30.5 Å². The van der Waals surface area contributed by atoms with Gasteiger partial charge in [0, 0.05) is 18.2 Å². The van der Waals surface area contributed by atoms with Crippen molar-refractivity contribution in [2.24, 2.45) is 5.92 Å². The Hall–Kier alpha value is -3.01. The van der Waals surface area contributed by atoms with Gasteiger partial charge in [0.15, 0.2) is 0 Å². The van der Waals surface area contributed by atoms with Gasteiger partial charge in [-0.15, -0.1) is 6.42 Å². The van der Waals surface area contributed by atoms with Crippen molar-refractivity contribution in [3.8, 4) is 12.3 Å². The summed E-state index contributed by atoms with van der Waals surface area (Å²) in [5.41, 5.74) is 0.652. The minimum absolute atomic E-state index is 0.124. The van der Waals surface area contributed by atoms with Gasteiger partial charge in [-0.25, -0.2) is 4.79 Å². The summed E-state index contributed by atoms with van der Waals surface area (Å²) in [5.74, 6) is 2.13. The highest BCUT2D eigenvalue weighted by molar-refractivity contribution is 5.92. The predicted octanol–water partition coefficient (Wildman–Crippen LogP) is 5.19. The number of terminal acetylenes is 1. The third-order valence-electron chi connectivity index (χ3n) is 5.77. The van der Waals surface area contributed by atoms with Gasteiger partial charge in [-0.05, 0) is 70.6 Å². The lowest BCUT2D eigenvalue weighted by Crippen LogP contribution is -2.55. The van der Waals surface area contributed by atoms with Gasteiger partial charge in [-0.2, -0.15) is 0 Å². The second kappa shape index (κ2) is 14.5. The van der Waals surface area contributed by atoms with Crippen molar-refractivity contribution in [1.82, 2.24) is 15.5 Å². The average Bonchev–Trinajstić information content (AvgIpc) is 2.79. The summed E-state index contributed by atoms with van der Waals surface area (Å²) in [6, 6.07) is 5.15. The lowest BCUT2D eigenvalue weighted by atomic mass is 9.96. The van der Waals surface area contributed by atoms with Crippen LogP contribution in [-0.2, 0) is 14.3 Å². The molecule has 2 N–H and O–H groups in total. The summed E-state index contributed by atoms with van der Waals surface area (Å²) in [7, 11) is 0. The molecule has 0 aliphatic heterocycles. The monoisotopic (exact) mass is 499 g/mol. The van der Waals surface area contributed by atoms with Crippen LogP contribution in [0.15, 0.2) is 24.3 Å². The van der Waals surface area contributed by atoms with Crippen LogP contribution in [0.3, 0.4) is 0 Å². The Morgan fingerprint density at radius 1 is 1.08 bits per heavy atom. The fourth-order valence-electron chi connectivity index (χ4n) is 3.80. The fraction of sp³-hybridized carbons (Fsp3) is 0.621. The third-order valence-corrected chi connectivity index (χ3v) is 5.77. The Labute approximate surface area is 217 Å². The normalized spacial score (nSPS) is 13.8. The van der Waals surface area contributed by atoms with Crippen molar-refractivity contribution in [1.29, 1.82) is 0 Å². The van der Waals surface area contributed by atoms with Gasteiger partial charge in [-0.3, -0.25) is 9.59 Å². The van der Waals surface area contributed by atoms with Crippen molar-refractivity contribution in [3.05, 3.63) is 35.4 Å². The first-order valence-corrected chi connectivity index (χ1v) is 13.0. The Kier molecular flexibility index (Phi) is 12.5. The molecule has 0 bridgehead atoms. The van der Waals surface area contributed by atoms with Gasteiger partial charge in [0.1, 0.15) is 17.7 Å². The Morgan fingerprint density at radius 3 is 2.17 bits per heavy atom. The first-order chi connectivity index (χ1) is 16.8. The summed E-state index contributed by atoms with van der Waals surface area (Å²) in [6.07, 6.45) is 7.68. The lowest BCUT2D eigenvalue weighted by Gasteiger charge is -2.38. The van der Waals surface area contributed by atoms with Crippen LogP contribution in [0.2, 0.25) is 0 Å². The van der Waals surface area contributed by atoms with E-state index in [1.807, 2.05) is 27.7 Å². The van der Waals surface area contributed by atoms with E-state index in [1.54, 1.807) is 49.9 Å². The standard InChI is InChI=1S/C29H45N3O4/c1-10-13-18-30-26(33)25(23-16-14-22(12-3)15-17-23)32(21(6)11-2)27(34)24(19-20(4)5)31-28(35)36-29(7,8)9/h3,14-17,20-21,24-25H,10-11,13,18-19H2,1-2,4-9H3,(H,30,33)(H,31,35). The van der Waals surface area contributed by atoms with Crippen LogP contribution >= 0.6 is 0 Å². The highest BCUT2D eigenvalue weighted by Gasteiger charge is 2.38. The largest absolute Gasteiger partial charge is 0.444 e. The quantitative estimate of drug-likeness (QED) is 0.306.